The molecule has 0 amide bonds. The van der Waals surface area contributed by atoms with Gasteiger partial charge in [-0.1, -0.05) is 0 Å². The zero-order valence-electron chi connectivity index (χ0n) is 11.6. The van der Waals surface area contributed by atoms with Gasteiger partial charge in [0.15, 0.2) is 0 Å². The number of aromatic nitrogens is 2. The summed E-state index contributed by atoms with van der Waals surface area (Å²) >= 11 is 0. The molecule has 2 aromatic rings. The molecule has 0 fully saturated rings. The van der Waals surface area contributed by atoms with Crippen molar-refractivity contribution in [2.24, 2.45) is 7.05 Å². The van der Waals surface area contributed by atoms with Crippen molar-refractivity contribution in [3.8, 4) is 11.6 Å². The topological polar surface area (TPSA) is 39.1 Å². The molecule has 102 valence electrons. The van der Waals surface area contributed by atoms with Crippen molar-refractivity contribution in [2.45, 2.75) is 20.4 Å². The minimum Gasteiger partial charge on any atom is -0.439 e. The standard InChI is InChI=1S/C14H18FN3O/c1-9-7-11(15)5-6-13(9)19-14-12(8-16-3)10(2)17-18(14)4/h5-7,16H,8H2,1-4H3. The normalized spacial score (nSPS) is 10.8. The summed E-state index contributed by atoms with van der Waals surface area (Å²) in [6.45, 7) is 4.44. The first-order valence-electron chi connectivity index (χ1n) is 6.14. The van der Waals surface area contributed by atoms with Gasteiger partial charge in [-0.25, -0.2) is 9.07 Å². The van der Waals surface area contributed by atoms with Gasteiger partial charge in [-0.2, -0.15) is 5.10 Å². The molecule has 0 atom stereocenters. The number of halogens is 1. The maximum atomic E-state index is 13.1. The van der Waals surface area contributed by atoms with Gasteiger partial charge >= 0.3 is 0 Å². The van der Waals surface area contributed by atoms with E-state index in [0.717, 1.165) is 16.8 Å². The molecule has 1 aromatic carbocycles. The Bertz CT molecular complexity index is 593. The predicted octanol–water partition coefficient (Wildman–Crippen LogP) is 2.69. The van der Waals surface area contributed by atoms with Gasteiger partial charge in [-0.3, -0.25) is 0 Å². The van der Waals surface area contributed by atoms with Crippen LogP contribution in [0.3, 0.4) is 0 Å². The molecule has 0 saturated heterocycles. The molecule has 1 aromatic heterocycles. The SMILES string of the molecule is CNCc1c(C)nn(C)c1Oc1ccc(F)cc1C. The first-order valence-corrected chi connectivity index (χ1v) is 6.14. The summed E-state index contributed by atoms with van der Waals surface area (Å²) in [4.78, 5) is 0. The minimum absolute atomic E-state index is 0.263. The Morgan fingerprint density at radius 2 is 2.11 bits per heavy atom. The van der Waals surface area contributed by atoms with Gasteiger partial charge in [0, 0.05) is 13.6 Å². The summed E-state index contributed by atoms with van der Waals surface area (Å²) in [7, 11) is 3.71. The third kappa shape index (κ3) is 2.76. The molecule has 0 unspecified atom stereocenters. The van der Waals surface area contributed by atoms with Crippen LogP contribution in [-0.2, 0) is 13.6 Å². The highest BCUT2D eigenvalue weighted by Gasteiger charge is 2.15. The maximum Gasteiger partial charge on any atom is 0.222 e. The summed E-state index contributed by atoms with van der Waals surface area (Å²) in [6, 6.07) is 4.48. The number of hydrogen-bond acceptors (Lipinski definition) is 3. The lowest BCUT2D eigenvalue weighted by molar-refractivity contribution is 0.421. The van der Waals surface area contributed by atoms with Crippen molar-refractivity contribution >= 4 is 0 Å². The largest absolute Gasteiger partial charge is 0.439 e. The van der Waals surface area contributed by atoms with Crippen LogP contribution >= 0.6 is 0 Å². The number of ether oxygens (including phenoxy) is 1. The molecule has 5 heteroatoms. The van der Waals surface area contributed by atoms with Gasteiger partial charge < -0.3 is 10.1 Å². The van der Waals surface area contributed by atoms with E-state index in [4.69, 9.17) is 4.74 Å². The first kappa shape index (κ1) is 13.5. The van der Waals surface area contributed by atoms with Crippen LogP contribution in [-0.4, -0.2) is 16.8 Å². The van der Waals surface area contributed by atoms with E-state index in [9.17, 15) is 4.39 Å². The summed E-state index contributed by atoms with van der Waals surface area (Å²) < 4.78 is 20.7. The van der Waals surface area contributed by atoms with Crippen molar-refractivity contribution in [3.05, 3.63) is 40.8 Å². The fourth-order valence-electron chi connectivity index (χ4n) is 2.02. The summed E-state index contributed by atoms with van der Waals surface area (Å²) in [6.07, 6.45) is 0. The van der Waals surface area contributed by atoms with Crippen LogP contribution in [0.5, 0.6) is 11.6 Å². The quantitative estimate of drug-likeness (QED) is 0.921. The summed E-state index contributed by atoms with van der Waals surface area (Å²) in [5.41, 5.74) is 2.69. The van der Waals surface area contributed by atoms with Crippen LogP contribution in [0.25, 0.3) is 0 Å². The van der Waals surface area contributed by atoms with Crippen LogP contribution in [0.15, 0.2) is 18.2 Å². The monoisotopic (exact) mass is 263 g/mol. The second kappa shape index (κ2) is 5.40. The molecule has 4 nitrogen and oxygen atoms in total. The van der Waals surface area contributed by atoms with Crippen molar-refractivity contribution in [3.63, 3.8) is 0 Å². The van der Waals surface area contributed by atoms with E-state index < -0.39 is 0 Å². The Balaban J connectivity index is 2.37. The average molecular weight is 263 g/mol. The number of aryl methyl sites for hydroxylation is 3. The Labute approximate surface area is 112 Å². The van der Waals surface area contributed by atoms with Crippen molar-refractivity contribution in [1.82, 2.24) is 15.1 Å². The third-order valence-electron chi connectivity index (χ3n) is 2.99. The first-order chi connectivity index (χ1) is 9.02. The zero-order valence-corrected chi connectivity index (χ0v) is 11.6. The molecule has 0 bridgehead atoms. The van der Waals surface area contributed by atoms with E-state index in [1.165, 1.54) is 12.1 Å². The molecule has 0 radical (unpaired) electrons. The van der Waals surface area contributed by atoms with Gasteiger partial charge in [0.05, 0.1) is 11.3 Å². The molecule has 0 aliphatic heterocycles. The van der Waals surface area contributed by atoms with Gasteiger partial charge in [0.1, 0.15) is 11.6 Å². The Morgan fingerprint density at radius 3 is 2.74 bits per heavy atom. The number of nitrogens with zero attached hydrogens (tertiary/aromatic N) is 2. The van der Waals surface area contributed by atoms with E-state index in [1.54, 1.807) is 10.7 Å². The smallest absolute Gasteiger partial charge is 0.222 e. The van der Waals surface area contributed by atoms with Gasteiger partial charge in [-0.05, 0) is 44.7 Å². The molecule has 0 aliphatic carbocycles. The van der Waals surface area contributed by atoms with E-state index in [0.29, 0.717) is 18.2 Å². The van der Waals surface area contributed by atoms with Crippen LogP contribution in [0.2, 0.25) is 0 Å². The van der Waals surface area contributed by atoms with Crippen LogP contribution < -0.4 is 10.1 Å². The van der Waals surface area contributed by atoms with Gasteiger partial charge in [0.25, 0.3) is 0 Å². The van der Waals surface area contributed by atoms with E-state index in [-0.39, 0.29) is 5.82 Å². The lowest BCUT2D eigenvalue weighted by Crippen LogP contribution is -2.07. The van der Waals surface area contributed by atoms with Gasteiger partial charge in [-0.15, -0.1) is 0 Å². The minimum atomic E-state index is -0.263. The van der Waals surface area contributed by atoms with E-state index in [1.807, 2.05) is 27.9 Å². The summed E-state index contributed by atoms with van der Waals surface area (Å²) in [5.74, 6) is 1.06. The third-order valence-corrected chi connectivity index (χ3v) is 2.99. The molecule has 0 spiro atoms. The fourth-order valence-corrected chi connectivity index (χ4v) is 2.02. The average Bonchev–Trinajstić information content (AvgIpc) is 2.60. The van der Waals surface area contributed by atoms with Crippen molar-refractivity contribution in [2.75, 3.05) is 7.05 Å². The highest BCUT2D eigenvalue weighted by atomic mass is 19.1. The molecule has 2 rings (SSSR count). The summed E-state index contributed by atoms with van der Waals surface area (Å²) in [5, 5.41) is 7.45. The van der Waals surface area contributed by atoms with E-state index in [2.05, 4.69) is 10.4 Å². The number of hydrogen-bond donors (Lipinski definition) is 1. The lowest BCUT2D eigenvalue weighted by atomic mass is 10.2. The maximum absolute atomic E-state index is 13.1. The second-order valence-electron chi connectivity index (χ2n) is 4.53. The molecule has 0 saturated carbocycles. The van der Waals surface area contributed by atoms with Crippen molar-refractivity contribution < 1.29 is 9.13 Å². The Kier molecular flexibility index (Phi) is 3.85. The zero-order chi connectivity index (χ0) is 14.0. The van der Waals surface area contributed by atoms with Crippen LogP contribution in [0.4, 0.5) is 4.39 Å². The predicted molar refractivity (Wildman–Crippen MR) is 71.9 cm³/mol. The van der Waals surface area contributed by atoms with Crippen molar-refractivity contribution in [1.29, 1.82) is 0 Å². The Morgan fingerprint density at radius 1 is 1.37 bits per heavy atom. The fraction of sp³-hybridized carbons (Fsp3) is 0.357. The molecule has 0 aliphatic rings. The number of nitrogens with one attached hydrogen (secondary N) is 1. The molecular formula is C14H18FN3O. The molecule has 1 N–H and O–H groups in total. The lowest BCUT2D eigenvalue weighted by Gasteiger charge is -2.11. The second-order valence-corrected chi connectivity index (χ2v) is 4.53. The van der Waals surface area contributed by atoms with Gasteiger partial charge in [0.2, 0.25) is 5.88 Å². The highest BCUT2D eigenvalue weighted by Crippen LogP contribution is 2.29. The molecule has 1 heterocycles. The Hall–Kier alpha value is -1.88. The number of rotatable bonds is 4. The molecule has 19 heavy (non-hydrogen) atoms. The van der Waals surface area contributed by atoms with E-state index >= 15 is 0 Å². The van der Waals surface area contributed by atoms with Crippen LogP contribution in [0, 0.1) is 19.7 Å². The van der Waals surface area contributed by atoms with Crippen LogP contribution in [0.1, 0.15) is 16.8 Å². The highest BCUT2D eigenvalue weighted by molar-refractivity contribution is 5.39. The number of benzene rings is 1. The molecular weight excluding hydrogens is 245 g/mol.